The van der Waals surface area contributed by atoms with Crippen molar-refractivity contribution in [1.29, 1.82) is 0 Å². The minimum absolute atomic E-state index is 0.127. The molecule has 2 aliphatic rings. The van der Waals surface area contributed by atoms with Crippen LogP contribution in [0.2, 0.25) is 0 Å². The van der Waals surface area contributed by atoms with Crippen LogP contribution in [-0.2, 0) is 5.54 Å². The minimum Gasteiger partial charge on any atom is -0.486 e. The van der Waals surface area contributed by atoms with E-state index in [1.54, 1.807) is 6.07 Å². The van der Waals surface area contributed by atoms with E-state index in [4.69, 9.17) is 9.47 Å². The summed E-state index contributed by atoms with van der Waals surface area (Å²) in [6.45, 7) is 4.02. The number of halogens is 1. The standard InChI is InChI=1S/C13H16FNO2/c1-13(5-2-6-15-13)9-3-4-10(14)12-11(9)16-7-8-17-12/h3-4,15H,2,5-8H2,1H3. The lowest BCUT2D eigenvalue weighted by Gasteiger charge is -2.30. The van der Waals surface area contributed by atoms with Crippen LogP contribution in [0.3, 0.4) is 0 Å². The van der Waals surface area contributed by atoms with Crippen LogP contribution in [0.5, 0.6) is 11.5 Å². The first-order chi connectivity index (χ1) is 8.21. The highest BCUT2D eigenvalue weighted by Crippen LogP contribution is 2.43. The smallest absolute Gasteiger partial charge is 0.197 e. The van der Waals surface area contributed by atoms with E-state index in [2.05, 4.69) is 12.2 Å². The minimum atomic E-state index is -0.343. The summed E-state index contributed by atoms with van der Waals surface area (Å²) >= 11 is 0. The lowest BCUT2D eigenvalue weighted by Crippen LogP contribution is -2.34. The molecule has 2 heterocycles. The molecule has 0 bridgehead atoms. The van der Waals surface area contributed by atoms with E-state index in [0.29, 0.717) is 19.0 Å². The van der Waals surface area contributed by atoms with Crippen molar-refractivity contribution in [2.45, 2.75) is 25.3 Å². The molecular formula is C13H16FNO2. The Morgan fingerprint density at radius 1 is 1.24 bits per heavy atom. The van der Waals surface area contributed by atoms with Crippen molar-refractivity contribution in [3.8, 4) is 11.5 Å². The van der Waals surface area contributed by atoms with Crippen LogP contribution in [0.1, 0.15) is 25.3 Å². The summed E-state index contributed by atoms with van der Waals surface area (Å²) in [6, 6.07) is 3.27. The molecule has 0 saturated carbocycles. The van der Waals surface area contributed by atoms with Crippen molar-refractivity contribution in [3.63, 3.8) is 0 Å². The summed E-state index contributed by atoms with van der Waals surface area (Å²) in [6.07, 6.45) is 2.16. The Labute approximate surface area is 99.9 Å². The van der Waals surface area contributed by atoms with Crippen LogP contribution in [-0.4, -0.2) is 19.8 Å². The maximum atomic E-state index is 13.6. The van der Waals surface area contributed by atoms with Gasteiger partial charge in [-0.3, -0.25) is 0 Å². The number of hydrogen-bond donors (Lipinski definition) is 1. The molecule has 92 valence electrons. The van der Waals surface area contributed by atoms with Crippen LogP contribution in [0.4, 0.5) is 4.39 Å². The van der Waals surface area contributed by atoms with Gasteiger partial charge in [0, 0.05) is 11.1 Å². The molecule has 3 rings (SSSR count). The van der Waals surface area contributed by atoms with Gasteiger partial charge in [-0.15, -0.1) is 0 Å². The van der Waals surface area contributed by atoms with Crippen LogP contribution >= 0.6 is 0 Å². The van der Waals surface area contributed by atoms with E-state index < -0.39 is 0 Å². The van der Waals surface area contributed by atoms with E-state index in [0.717, 1.165) is 24.9 Å². The monoisotopic (exact) mass is 237 g/mol. The zero-order chi connectivity index (χ0) is 11.9. The number of nitrogens with one attached hydrogen (secondary N) is 1. The summed E-state index contributed by atoms with van der Waals surface area (Å²) in [7, 11) is 0. The fraction of sp³-hybridized carbons (Fsp3) is 0.538. The third kappa shape index (κ3) is 1.67. The van der Waals surface area contributed by atoms with Crippen LogP contribution in [0, 0.1) is 5.82 Å². The Hall–Kier alpha value is -1.29. The number of benzene rings is 1. The van der Waals surface area contributed by atoms with Crippen LogP contribution in [0.25, 0.3) is 0 Å². The normalized spacial score (nSPS) is 27.2. The highest BCUT2D eigenvalue weighted by molar-refractivity contribution is 5.51. The number of hydrogen-bond acceptors (Lipinski definition) is 3. The Morgan fingerprint density at radius 3 is 2.71 bits per heavy atom. The van der Waals surface area contributed by atoms with Gasteiger partial charge in [0.15, 0.2) is 17.3 Å². The lowest BCUT2D eigenvalue weighted by molar-refractivity contribution is 0.159. The molecule has 0 aliphatic carbocycles. The molecular weight excluding hydrogens is 221 g/mol. The first kappa shape index (κ1) is 10.8. The van der Waals surface area contributed by atoms with E-state index in [9.17, 15) is 4.39 Å². The van der Waals surface area contributed by atoms with Gasteiger partial charge in [0.05, 0.1) is 0 Å². The molecule has 1 fully saturated rings. The number of ether oxygens (including phenoxy) is 2. The van der Waals surface area contributed by atoms with Gasteiger partial charge in [0.2, 0.25) is 0 Å². The SMILES string of the molecule is CC1(c2ccc(F)c3c2OCCO3)CCCN1. The lowest BCUT2D eigenvalue weighted by atomic mass is 9.89. The van der Waals surface area contributed by atoms with Gasteiger partial charge in [0.1, 0.15) is 13.2 Å². The molecule has 1 saturated heterocycles. The second-order valence-corrected chi connectivity index (χ2v) is 4.81. The van der Waals surface area contributed by atoms with Gasteiger partial charge >= 0.3 is 0 Å². The van der Waals surface area contributed by atoms with Crippen molar-refractivity contribution in [2.75, 3.05) is 19.8 Å². The van der Waals surface area contributed by atoms with Gasteiger partial charge in [0.25, 0.3) is 0 Å². The number of fused-ring (bicyclic) bond motifs is 1. The molecule has 0 spiro atoms. The van der Waals surface area contributed by atoms with E-state index in [1.165, 1.54) is 6.07 Å². The topological polar surface area (TPSA) is 30.5 Å². The molecule has 2 aliphatic heterocycles. The van der Waals surface area contributed by atoms with Gasteiger partial charge in [-0.05, 0) is 32.4 Å². The fourth-order valence-electron chi connectivity index (χ4n) is 2.66. The largest absolute Gasteiger partial charge is 0.486 e. The first-order valence-electron chi connectivity index (χ1n) is 6.04. The second-order valence-electron chi connectivity index (χ2n) is 4.81. The summed E-state index contributed by atoms with van der Waals surface area (Å²) in [5, 5.41) is 3.46. The van der Waals surface area contributed by atoms with E-state index in [1.807, 2.05) is 0 Å². The Balaban J connectivity index is 2.11. The molecule has 1 N–H and O–H groups in total. The molecule has 1 aromatic carbocycles. The summed E-state index contributed by atoms with van der Waals surface area (Å²) in [5.74, 6) is 0.502. The molecule has 0 amide bonds. The zero-order valence-corrected chi connectivity index (χ0v) is 9.88. The van der Waals surface area contributed by atoms with Gasteiger partial charge in [-0.2, -0.15) is 0 Å². The Bertz CT molecular complexity index is 441. The molecule has 0 aromatic heterocycles. The van der Waals surface area contributed by atoms with Crippen LogP contribution in [0.15, 0.2) is 12.1 Å². The predicted molar refractivity (Wildman–Crippen MR) is 62.0 cm³/mol. The van der Waals surface area contributed by atoms with Crippen molar-refractivity contribution >= 4 is 0 Å². The fourth-order valence-corrected chi connectivity index (χ4v) is 2.66. The van der Waals surface area contributed by atoms with Crippen molar-refractivity contribution < 1.29 is 13.9 Å². The molecule has 0 radical (unpaired) electrons. The van der Waals surface area contributed by atoms with Crippen molar-refractivity contribution in [2.24, 2.45) is 0 Å². The third-order valence-electron chi connectivity index (χ3n) is 3.60. The summed E-state index contributed by atoms with van der Waals surface area (Å²) in [4.78, 5) is 0. The van der Waals surface area contributed by atoms with E-state index in [-0.39, 0.29) is 17.1 Å². The molecule has 3 nitrogen and oxygen atoms in total. The van der Waals surface area contributed by atoms with Gasteiger partial charge in [-0.25, -0.2) is 4.39 Å². The molecule has 17 heavy (non-hydrogen) atoms. The molecule has 1 atom stereocenters. The molecule has 4 heteroatoms. The predicted octanol–water partition coefficient (Wildman–Crippen LogP) is 2.20. The average molecular weight is 237 g/mol. The van der Waals surface area contributed by atoms with Crippen molar-refractivity contribution in [3.05, 3.63) is 23.5 Å². The quantitative estimate of drug-likeness (QED) is 0.812. The molecule has 1 unspecified atom stereocenters. The van der Waals surface area contributed by atoms with Crippen LogP contribution < -0.4 is 14.8 Å². The first-order valence-corrected chi connectivity index (χ1v) is 6.04. The summed E-state index contributed by atoms with van der Waals surface area (Å²) in [5.41, 5.74) is 0.879. The molecule has 1 aromatic rings. The summed E-state index contributed by atoms with van der Waals surface area (Å²) < 4.78 is 24.6. The highest BCUT2D eigenvalue weighted by Gasteiger charge is 2.35. The van der Waals surface area contributed by atoms with Crippen molar-refractivity contribution in [1.82, 2.24) is 5.32 Å². The van der Waals surface area contributed by atoms with Gasteiger partial charge < -0.3 is 14.8 Å². The second kappa shape index (κ2) is 3.88. The van der Waals surface area contributed by atoms with E-state index >= 15 is 0 Å². The highest BCUT2D eigenvalue weighted by atomic mass is 19.1. The average Bonchev–Trinajstić information content (AvgIpc) is 2.78. The zero-order valence-electron chi connectivity index (χ0n) is 9.88. The van der Waals surface area contributed by atoms with Gasteiger partial charge in [-0.1, -0.05) is 6.07 Å². The Morgan fingerprint density at radius 2 is 2.00 bits per heavy atom. The third-order valence-corrected chi connectivity index (χ3v) is 3.60. The maximum absolute atomic E-state index is 13.6. The Kier molecular flexibility index (Phi) is 2.47. The maximum Gasteiger partial charge on any atom is 0.197 e. The number of rotatable bonds is 1.